The Bertz CT molecular complexity index is 496. The molecular formula is C12H11ClF3N3O. The number of carbonyl (C=O) groups excluding carboxylic acids is 1. The van der Waals surface area contributed by atoms with Gasteiger partial charge in [0.15, 0.2) is 0 Å². The number of nitrogens with zero attached hydrogens (tertiary/aromatic N) is 3. The Labute approximate surface area is 118 Å². The number of pyridine rings is 1. The zero-order valence-electron chi connectivity index (χ0n) is 10.3. The minimum atomic E-state index is -4.36. The van der Waals surface area contributed by atoms with Crippen LogP contribution in [-0.4, -0.2) is 35.1 Å². The van der Waals surface area contributed by atoms with Crippen molar-refractivity contribution in [2.45, 2.75) is 19.0 Å². The molecule has 1 rings (SSSR count). The molecule has 0 unspecified atom stereocenters. The van der Waals surface area contributed by atoms with E-state index in [0.29, 0.717) is 5.02 Å². The lowest BCUT2D eigenvalue weighted by molar-refractivity contribution is -0.136. The molecule has 0 aromatic carbocycles. The van der Waals surface area contributed by atoms with Gasteiger partial charge in [0.05, 0.1) is 23.9 Å². The molecule has 108 valence electrons. The van der Waals surface area contributed by atoms with Crippen LogP contribution in [0.5, 0.6) is 0 Å². The predicted molar refractivity (Wildman–Crippen MR) is 66.1 cm³/mol. The van der Waals surface area contributed by atoms with Crippen LogP contribution < -0.4 is 0 Å². The first-order valence-electron chi connectivity index (χ1n) is 5.68. The molecule has 1 aromatic rings. The third kappa shape index (κ3) is 5.45. The lowest BCUT2D eigenvalue weighted by atomic mass is 10.2. The van der Waals surface area contributed by atoms with Crippen molar-refractivity contribution in [3.63, 3.8) is 0 Å². The Morgan fingerprint density at radius 1 is 1.40 bits per heavy atom. The molecular weight excluding hydrogens is 295 g/mol. The quantitative estimate of drug-likeness (QED) is 0.840. The van der Waals surface area contributed by atoms with E-state index >= 15 is 0 Å². The van der Waals surface area contributed by atoms with Crippen LogP contribution in [0.2, 0.25) is 5.02 Å². The molecule has 0 saturated carbocycles. The molecule has 0 N–H and O–H groups in total. The normalized spacial score (nSPS) is 10.9. The van der Waals surface area contributed by atoms with Crippen LogP contribution in [-0.2, 0) is 0 Å². The highest BCUT2D eigenvalue weighted by molar-refractivity contribution is 6.30. The first kappa shape index (κ1) is 16.2. The van der Waals surface area contributed by atoms with Crippen molar-refractivity contribution >= 4 is 17.5 Å². The van der Waals surface area contributed by atoms with Gasteiger partial charge in [-0.15, -0.1) is 0 Å². The fourth-order valence-corrected chi connectivity index (χ4v) is 1.54. The van der Waals surface area contributed by atoms with Gasteiger partial charge in [0.1, 0.15) is 5.69 Å². The van der Waals surface area contributed by atoms with E-state index in [0.717, 1.165) is 4.90 Å². The standard InChI is InChI=1S/C12H11ClF3N3O/c13-9-2-3-10(18-8-9)11(20)19(6-1-5-17)7-4-12(14,15)16/h2-3,8H,1,4,6-7H2. The maximum Gasteiger partial charge on any atom is 0.390 e. The Morgan fingerprint density at radius 3 is 2.60 bits per heavy atom. The minimum Gasteiger partial charge on any atom is -0.336 e. The summed E-state index contributed by atoms with van der Waals surface area (Å²) in [4.78, 5) is 16.8. The number of hydrogen-bond donors (Lipinski definition) is 0. The van der Waals surface area contributed by atoms with Crippen molar-refractivity contribution in [3.8, 4) is 6.07 Å². The largest absolute Gasteiger partial charge is 0.390 e. The summed E-state index contributed by atoms with van der Waals surface area (Å²) in [5.41, 5.74) is -0.00508. The van der Waals surface area contributed by atoms with E-state index in [1.807, 2.05) is 0 Å². The van der Waals surface area contributed by atoms with E-state index in [-0.39, 0.29) is 18.7 Å². The SMILES string of the molecule is N#CCCN(CCC(F)(F)F)C(=O)c1ccc(Cl)cn1. The lowest BCUT2D eigenvalue weighted by Gasteiger charge is -2.21. The molecule has 0 saturated heterocycles. The molecule has 1 amide bonds. The third-order valence-electron chi connectivity index (χ3n) is 2.39. The maximum absolute atomic E-state index is 12.2. The first-order valence-corrected chi connectivity index (χ1v) is 6.06. The van der Waals surface area contributed by atoms with Gasteiger partial charge in [-0.05, 0) is 12.1 Å². The van der Waals surface area contributed by atoms with E-state index in [4.69, 9.17) is 16.9 Å². The topological polar surface area (TPSA) is 57.0 Å². The average molecular weight is 306 g/mol. The second-order valence-corrected chi connectivity index (χ2v) is 4.36. The molecule has 20 heavy (non-hydrogen) atoms. The molecule has 1 aromatic heterocycles. The van der Waals surface area contributed by atoms with Crippen LogP contribution in [0.1, 0.15) is 23.3 Å². The highest BCUT2D eigenvalue weighted by atomic mass is 35.5. The van der Waals surface area contributed by atoms with Crippen molar-refractivity contribution in [3.05, 3.63) is 29.0 Å². The Hall–Kier alpha value is -1.81. The summed E-state index contributed by atoms with van der Waals surface area (Å²) in [6.07, 6.45) is -4.30. The van der Waals surface area contributed by atoms with Crippen molar-refractivity contribution in [1.29, 1.82) is 5.26 Å². The van der Waals surface area contributed by atoms with Gasteiger partial charge in [-0.2, -0.15) is 18.4 Å². The summed E-state index contributed by atoms with van der Waals surface area (Å²) < 4.78 is 36.7. The number of alkyl halides is 3. The summed E-state index contributed by atoms with van der Waals surface area (Å²) in [6.45, 7) is -0.579. The molecule has 8 heteroatoms. The van der Waals surface area contributed by atoms with Crippen LogP contribution in [0.3, 0.4) is 0 Å². The van der Waals surface area contributed by atoms with Crippen LogP contribution >= 0.6 is 11.6 Å². The van der Waals surface area contributed by atoms with E-state index in [2.05, 4.69) is 4.98 Å². The van der Waals surface area contributed by atoms with Crippen LogP contribution in [0.4, 0.5) is 13.2 Å². The second kappa shape index (κ2) is 7.10. The van der Waals surface area contributed by atoms with Gasteiger partial charge in [0, 0.05) is 19.3 Å². The summed E-state index contributed by atoms with van der Waals surface area (Å²) in [6, 6.07) is 4.55. The van der Waals surface area contributed by atoms with E-state index in [9.17, 15) is 18.0 Å². The Kier molecular flexibility index (Phi) is 5.77. The molecule has 0 atom stereocenters. The molecule has 0 fully saturated rings. The smallest absolute Gasteiger partial charge is 0.336 e. The van der Waals surface area contributed by atoms with Gasteiger partial charge in [-0.25, -0.2) is 4.98 Å². The van der Waals surface area contributed by atoms with Crippen molar-refractivity contribution in [2.24, 2.45) is 0 Å². The zero-order valence-corrected chi connectivity index (χ0v) is 11.1. The Balaban J connectivity index is 2.78. The molecule has 0 bridgehead atoms. The number of halogens is 4. The minimum absolute atomic E-state index is 0.00508. The van der Waals surface area contributed by atoms with E-state index in [1.165, 1.54) is 18.3 Å². The van der Waals surface area contributed by atoms with E-state index < -0.39 is 25.0 Å². The van der Waals surface area contributed by atoms with Crippen molar-refractivity contribution in [2.75, 3.05) is 13.1 Å². The molecule has 0 aliphatic carbocycles. The summed E-state index contributed by atoms with van der Waals surface area (Å²) in [7, 11) is 0. The van der Waals surface area contributed by atoms with Gasteiger partial charge < -0.3 is 4.90 Å². The predicted octanol–water partition coefficient (Wildman–Crippen LogP) is 3.04. The molecule has 0 aliphatic rings. The third-order valence-corrected chi connectivity index (χ3v) is 2.62. The number of nitriles is 1. The van der Waals surface area contributed by atoms with Gasteiger partial charge in [-0.3, -0.25) is 4.79 Å². The molecule has 0 radical (unpaired) electrons. The maximum atomic E-state index is 12.2. The van der Waals surface area contributed by atoms with Gasteiger partial charge in [-0.1, -0.05) is 11.6 Å². The van der Waals surface area contributed by atoms with Crippen molar-refractivity contribution < 1.29 is 18.0 Å². The number of aromatic nitrogens is 1. The van der Waals surface area contributed by atoms with Crippen molar-refractivity contribution in [1.82, 2.24) is 9.88 Å². The second-order valence-electron chi connectivity index (χ2n) is 3.93. The molecule has 0 aliphatic heterocycles. The zero-order chi connectivity index (χ0) is 15.2. The number of carbonyl (C=O) groups is 1. The highest BCUT2D eigenvalue weighted by Gasteiger charge is 2.29. The fraction of sp³-hybridized carbons (Fsp3) is 0.417. The van der Waals surface area contributed by atoms with E-state index in [1.54, 1.807) is 6.07 Å². The number of hydrogen-bond acceptors (Lipinski definition) is 3. The van der Waals surface area contributed by atoms with Crippen LogP contribution in [0.25, 0.3) is 0 Å². The summed E-state index contributed by atoms with van der Waals surface area (Å²) in [5.74, 6) is -0.652. The lowest BCUT2D eigenvalue weighted by Crippen LogP contribution is -2.35. The number of amides is 1. The Morgan fingerprint density at radius 2 is 2.10 bits per heavy atom. The number of rotatable bonds is 5. The molecule has 4 nitrogen and oxygen atoms in total. The van der Waals surface area contributed by atoms with Gasteiger partial charge in [0.25, 0.3) is 5.91 Å². The van der Waals surface area contributed by atoms with Crippen LogP contribution in [0.15, 0.2) is 18.3 Å². The van der Waals surface area contributed by atoms with Gasteiger partial charge in [0.2, 0.25) is 0 Å². The molecule has 1 heterocycles. The monoisotopic (exact) mass is 305 g/mol. The molecule has 0 spiro atoms. The fourth-order valence-electron chi connectivity index (χ4n) is 1.43. The summed E-state index contributed by atoms with van der Waals surface area (Å²) >= 11 is 5.62. The highest BCUT2D eigenvalue weighted by Crippen LogP contribution is 2.20. The summed E-state index contributed by atoms with van der Waals surface area (Å²) in [5, 5.41) is 8.81. The first-order chi connectivity index (χ1) is 9.33. The van der Waals surface area contributed by atoms with Crippen LogP contribution in [0, 0.1) is 11.3 Å². The van der Waals surface area contributed by atoms with Gasteiger partial charge >= 0.3 is 6.18 Å². The average Bonchev–Trinajstić information content (AvgIpc) is 2.38.